The average Bonchev–Trinajstić information content (AvgIpc) is 2.18. The molecule has 1 heterocycles. The molecule has 0 saturated carbocycles. The van der Waals surface area contributed by atoms with E-state index in [0.29, 0.717) is 5.82 Å². The SMILES string of the molecule is CC(C)C(Br)C(=O)Nc1ccccn1. The minimum atomic E-state index is -0.176. The summed E-state index contributed by atoms with van der Waals surface area (Å²) in [5.41, 5.74) is 0. The van der Waals surface area contributed by atoms with Gasteiger partial charge >= 0.3 is 0 Å². The van der Waals surface area contributed by atoms with Crippen LogP contribution in [0.4, 0.5) is 5.82 Å². The van der Waals surface area contributed by atoms with E-state index in [0.717, 1.165) is 0 Å². The predicted octanol–water partition coefficient (Wildman–Crippen LogP) is 2.44. The van der Waals surface area contributed by atoms with Gasteiger partial charge in [0.25, 0.3) is 0 Å². The molecule has 76 valence electrons. The van der Waals surface area contributed by atoms with E-state index in [1.165, 1.54) is 0 Å². The lowest BCUT2D eigenvalue weighted by Gasteiger charge is -2.12. The third-order valence-corrected chi connectivity index (χ3v) is 3.23. The van der Waals surface area contributed by atoms with Gasteiger partial charge in [0.2, 0.25) is 5.91 Å². The molecule has 1 atom stereocenters. The first-order valence-corrected chi connectivity index (χ1v) is 5.39. The van der Waals surface area contributed by atoms with Gasteiger partial charge in [-0.05, 0) is 18.1 Å². The second-order valence-corrected chi connectivity index (χ2v) is 4.34. The molecule has 0 radical (unpaired) electrons. The van der Waals surface area contributed by atoms with Crippen molar-refractivity contribution in [3.05, 3.63) is 24.4 Å². The molecule has 1 N–H and O–H groups in total. The van der Waals surface area contributed by atoms with Gasteiger partial charge in [-0.2, -0.15) is 0 Å². The number of amides is 1. The molecule has 0 spiro atoms. The largest absolute Gasteiger partial charge is 0.310 e. The second kappa shape index (κ2) is 5.10. The molecule has 1 amide bonds. The zero-order valence-corrected chi connectivity index (χ0v) is 9.78. The van der Waals surface area contributed by atoms with Crippen LogP contribution in [0.15, 0.2) is 24.4 Å². The molecule has 0 aliphatic heterocycles. The highest BCUT2D eigenvalue weighted by atomic mass is 79.9. The lowest BCUT2D eigenvalue weighted by Crippen LogP contribution is -2.27. The van der Waals surface area contributed by atoms with Crippen LogP contribution in [-0.2, 0) is 4.79 Å². The smallest absolute Gasteiger partial charge is 0.239 e. The number of hydrogen-bond donors (Lipinski definition) is 1. The van der Waals surface area contributed by atoms with Gasteiger partial charge in [-0.15, -0.1) is 0 Å². The van der Waals surface area contributed by atoms with Gasteiger partial charge in [0.1, 0.15) is 5.82 Å². The van der Waals surface area contributed by atoms with Gasteiger partial charge in [0.05, 0.1) is 4.83 Å². The summed E-state index contributed by atoms with van der Waals surface area (Å²) in [7, 11) is 0. The van der Waals surface area contributed by atoms with E-state index in [4.69, 9.17) is 0 Å². The van der Waals surface area contributed by atoms with Crippen LogP contribution in [0, 0.1) is 5.92 Å². The van der Waals surface area contributed by atoms with E-state index in [2.05, 4.69) is 26.2 Å². The molecule has 0 saturated heterocycles. The second-order valence-electron chi connectivity index (χ2n) is 3.35. The van der Waals surface area contributed by atoms with Crippen LogP contribution in [-0.4, -0.2) is 15.7 Å². The average molecular weight is 257 g/mol. The van der Waals surface area contributed by atoms with Gasteiger partial charge in [-0.3, -0.25) is 4.79 Å². The summed E-state index contributed by atoms with van der Waals surface area (Å²) in [5.74, 6) is 0.792. The Morgan fingerprint density at radius 2 is 2.21 bits per heavy atom. The van der Waals surface area contributed by atoms with Crippen LogP contribution in [0.2, 0.25) is 0 Å². The zero-order valence-electron chi connectivity index (χ0n) is 8.20. The van der Waals surface area contributed by atoms with Crippen LogP contribution >= 0.6 is 15.9 Å². The molecule has 14 heavy (non-hydrogen) atoms. The number of carbonyl (C=O) groups excluding carboxylic acids is 1. The number of anilines is 1. The Balaban J connectivity index is 2.58. The summed E-state index contributed by atoms with van der Waals surface area (Å²) in [6.07, 6.45) is 1.65. The lowest BCUT2D eigenvalue weighted by atomic mass is 10.1. The van der Waals surface area contributed by atoms with E-state index < -0.39 is 0 Å². The first-order chi connectivity index (χ1) is 6.61. The van der Waals surface area contributed by atoms with E-state index in [1.807, 2.05) is 26.0 Å². The monoisotopic (exact) mass is 256 g/mol. The molecule has 4 heteroatoms. The molecule has 0 bridgehead atoms. The number of pyridine rings is 1. The quantitative estimate of drug-likeness (QED) is 0.845. The van der Waals surface area contributed by atoms with Crippen LogP contribution in [0.3, 0.4) is 0 Å². The highest BCUT2D eigenvalue weighted by molar-refractivity contribution is 9.10. The van der Waals surface area contributed by atoms with E-state index in [1.54, 1.807) is 12.3 Å². The highest BCUT2D eigenvalue weighted by Gasteiger charge is 2.18. The van der Waals surface area contributed by atoms with E-state index in [9.17, 15) is 4.79 Å². The Hall–Kier alpha value is -0.900. The Bertz CT molecular complexity index is 300. The number of halogens is 1. The fourth-order valence-corrected chi connectivity index (χ4v) is 1.05. The highest BCUT2D eigenvalue weighted by Crippen LogP contribution is 2.13. The first-order valence-electron chi connectivity index (χ1n) is 4.47. The molecule has 3 nitrogen and oxygen atoms in total. The van der Waals surface area contributed by atoms with Crippen LogP contribution < -0.4 is 5.32 Å². The Labute approximate surface area is 92.1 Å². The number of alkyl halides is 1. The van der Waals surface area contributed by atoms with Gasteiger partial charge in [0.15, 0.2) is 0 Å². The van der Waals surface area contributed by atoms with E-state index >= 15 is 0 Å². The van der Waals surface area contributed by atoms with Crippen LogP contribution in [0.1, 0.15) is 13.8 Å². The normalized spacial score (nSPS) is 12.6. The van der Waals surface area contributed by atoms with Gasteiger partial charge in [-0.1, -0.05) is 35.8 Å². The van der Waals surface area contributed by atoms with Gasteiger partial charge in [0, 0.05) is 6.20 Å². The van der Waals surface area contributed by atoms with Crippen molar-refractivity contribution in [2.75, 3.05) is 5.32 Å². The van der Waals surface area contributed by atoms with Crippen molar-refractivity contribution >= 4 is 27.7 Å². The summed E-state index contributed by atoms with van der Waals surface area (Å²) in [4.78, 5) is 15.4. The summed E-state index contributed by atoms with van der Waals surface area (Å²) in [5, 5.41) is 2.73. The molecule has 0 fully saturated rings. The van der Waals surface area contributed by atoms with Crippen LogP contribution in [0.25, 0.3) is 0 Å². The number of aromatic nitrogens is 1. The molecule has 1 rings (SSSR count). The fourth-order valence-electron chi connectivity index (χ4n) is 0.935. The maximum atomic E-state index is 11.6. The molecule has 1 aromatic rings. The van der Waals surface area contributed by atoms with Crippen molar-refractivity contribution in [3.8, 4) is 0 Å². The molecule has 0 aliphatic rings. The minimum absolute atomic E-state index is 0.0568. The Morgan fingerprint density at radius 1 is 1.50 bits per heavy atom. The van der Waals surface area contributed by atoms with Crippen molar-refractivity contribution in [2.24, 2.45) is 5.92 Å². The first kappa shape index (κ1) is 11.2. The molecule has 1 unspecified atom stereocenters. The predicted molar refractivity (Wildman–Crippen MR) is 60.4 cm³/mol. The topological polar surface area (TPSA) is 42.0 Å². The number of carbonyl (C=O) groups is 1. The van der Waals surface area contributed by atoms with E-state index in [-0.39, 0.29) is 16.7 Å². The number of nitrogens with one attached hydrogen (secondary N) is 1. The van der Waals surface area contributed by atoms with Crippen molar-refractivity contribution in [2.45, 2.75) is 18.7 Å². The lowest BCUT2D eigenvalue weighted by molar-refractivity contribution is -0.116. The van der Waals surface area contributed by atoms with Gasteiger partial charge < -0.3 is 5.32 Å². The summed E-state index contributed by atoms with van der Waals surface area (Å²) in [6, 6.07) is 5.41. The van der Waals surface area contributed by atoms with Crippen molar-refractivity contribution in [1.29, 1.82) is 0 Å². The third kappa shape index (κ3) is 3.10. The maximum Gasteiger partial charge on any atom is 0.239 e. The van der Waals surface area contributed by atoms with Crippen molar-refractivity contribution in [3.63, 3.8) is 0 Å². The Kier molecular flexibility index (Phi) is 4.07. The maximum absolute atomic E-state index is 11.6. The molecule has 0 aliphatic carbocycles. The number of hydrogen-bond acceptors (Lipinski definition) is 2. The molecule has 1 aromatic heterocycles. The summed E-state index contributed by atoms with van der Waals surface area (Å²) >= 11 is 3.33. The van der Waals surface area contributed by atoms with Crippen molar-refractivity contribution in [1.82, 2.24) is 4.98 Å². The molecular formula is C10H13BrN2O. The third-order valence-electron chi connectivity index (χ3n) is 1.75. The molecular weight excluding hydrogens is 244 g/mol. The minimum Gasteiger partial charge on any atom is -0.310 e. The van der Waals surface area contributed by atoms with Crippen LogP contribution in [0.5, 0.6) is 0 Å². The number of rotatable bonds is 3. The zero-order chi connectivity index (χ0) is 10.6. The van der Waals surface area contributed by atoms with Gasteiger partial charge in [-0.25, -0.2) is 4.98 Å². The summed E-state index contributed by atoms with van der Waals surface area (Å²) < 4.78 is 0. The summed E-state index contributed by atoms with van der Waals surface area (Å²) in [6.45, 7) is 3.97. The molecule has 0 aromatic carbocycles. The van der Waals surface area contributed by atoms with Crippen molar-refractivity contribution < 1.29 is 4.79 Å². The Morgan fingerprint density at radius 3 is 2.71 bits per heavy atom. The number of nitrogens with zero attached hydrogens (tertiary/aromatic N) is 1. The standard InChI is InChI=1S/C10H13BrN2O/c1-7(2)9(11)10(14)13-8-5-3-4-6-12-8/h3-7,9H,1-2H3,(H,12,13,14). The fraction of sp³-hybridized carbons (Fsp3) is 0.400.